The van der Waals surface area contributed by atoms with Gasteiger partial charge in [0.05, 0.1) is 0 Å². The van der Waals surface area contributed by atoms with Crippen LogP contribution >= 0.6 is 11.6 Å². The average Bonchev–Trinajstić information content (AvgIpc) is 2.56. The fourth-order valence-corrected chi connectivity index (χ4v) is 2.62. The van der Waals surface area contributed by atoms with Crippen molar-refractivity contribution in [1.82, 2.24) is 5.32 Å². The van der Waals surface area contributed by atoms with E-state index in [1.54, 1.807) is 0 Å². The summed E-state index contributed by atoms with van der Waals surface area (Å²) in [7, 11) is 0. The lowest BCUT2D eigenvalue weighted by Gasteiger charge is -2.44. The summed E-state index contributed by atoms with van der Waals surface area (Å²) in [5.41, 5.74) is 0. The lowest BCUT2D eigenvalue weighted by atomic mass is 9.96. The van der Waals surface area contributed by atoms with Gasteiger partial charge in [-0.1, -0.05) is 0 Å². The van der Waals surface area contributed by atoms with Crippen molar-refractivity contribution < 1.29 is 47.7 Å². The molecule has 1 aliphatic heterocycles. The van der Waals surface area contributed by atoms with E-state index in [4.69, 9.17) is 35.3 Å². The fourth-order valence-electron chi connectivity index (χ4n) is 2.54. The highest BCUT2D eigenvalue weighted by Crippen LogP contribution is 2.28. The second-order valence-electron chi connectivity index (χ2n) is 5.83. The minimum absolute atomic E-state index is 0.390. The van der Waals surface area contributed by atoms with E-state index in [1.807, 2.05) is 0 Å². The fraction of sp³-hybridized carbons (Fsp3) is 0.688. The zero-order valence-corrected chi connectivity index (χ0v) is 16.5. The number of esters is 4. The van der Waals surface area contributed by atoms with Gasteiger partial charge in [0.15, 0.2) is 12.2 Å². The first-order chi connectivity index (χ1) is 13.0. The standard InChI is InChI=1S/C16H22ClNO10/c1-7(19)24-6-11-14(25-8(2)20)15(26-9(3)21)13(18-12(23)5-17)16(28-11)27-10(4)22/h11,13-16H,5-6H2,1-4H3,(H,18,23)/t11-,13-,14+,15-,16-/m1/s1. The summed E-state index contributed by atoms with van der Waals surface area (Å²) in [6.07, 6.45) is -5.16. The number of carbonyl (C=O) groups is 5. The largest absolute Gasteiger partial charge is 0.463 e. The van der Waals surface area contributed by atoms with Gasteiger partial charge < -0.3 is 29.0 Å². The molecule has 0 aromatic carbocycles. The van der Waals surface area contributed by atoms with Gasteiger partial charge in [-0.2, -0.15) is 0 Å². The van der Waals surface area contributed by atoms with E-state index < -0.39 is 66.3 Å². The normalized spacial score (nSPS) is 26.5. The van der Waals surface area contributed by atoms with Crippen LogP contribution in [-0.2, 0) is 47.7 Å². The molecule has 0 unspecified atom stereocenters. The number of carbonyl (C=O) groups excluding carboxylic acids is 5. The minimum atomic E-state index is -1.43. The molecular weight excluding hydrogens is 402 g/mol. The quantitative estimate of drug-likeness (QED) is 0.321. The van der Waals surface area contributed by atoms with Crippen molar-refractivity contribution in [3.8, 4) is 0 Å². The molecule has 1 saturated heterocycles. The molecule has 0 spiro atoms. The maximum absolute atomic E-state index is 11.8. The Morgan fingerprint density at radius 3 is 1.86 bits per heavy atom. The molecule has 1 rings (SSSR count). The van der Waals surface area contributed by atoms with E-state index in [2.05, 4.69) is 5.32 Å². The van der Waals surface area contributed by atoms with Gasteiger partial charge in [-0.05, 0) is 0 Å². The molecular formula is C16H22ClNO10. The molecule has 1 heterocycles. The van der Waals surface area contributed by atoms with Crippen LogP contribution in [0.3, 0.4) is 0 Å². The summed E-state index contributed by atoms with van der Waals surface area (Å²) in [4.78, 5) is 57.6. The summed E-state index contributed by atoms with van der Waals surface area (Å²) in [6, 6.07) is -1.24. The van der Waals surface area contributed by atoms with E-state index in [-0.39, 0.29) is 6.61 Å². The smallest absolute Gasteiger partial charge is 0.305 e. The molecule has 1 fully saturated rings. The molecule has 12 heteroatoms. The van der Waals surface area contributed by atoms with Gasteiger partial charge in [0.25, 0.3) is 0 Å². The minimum Gasteiger partial charge on any atom is -0.463 e. The highest BCUT2D eigenvalue weighted by atomic mass is 35.5. The van der Waals surface area contributed by atoms with Gasteiger partial charge in [0.2, 0.25) is 12.2 Å². The van der Waals surface area contributed by atoms with Gasteiger partial charge in [0, 0.05) is 27.7 Å². The third-order valence-corrected chi connectivity index (χ3v) is 3.68. The first-order valence-corrected chi connectivity index (χ1v) is 8.74. The zero-order valence-electron chi connectivity index (χ0n) is 15.8. The SMILES string of the molecule is CC(=O)OC[C@H]1O[C@@H](OC(C)=O)[C@H](NC(=O)CCl)[C@@H](OC(C)=O)[C@H]1OC(C)=O. The van der Waals surface area contributed by atoms with Crippen molar-refractivity contribution in [2.24, 2.45) is 0 Å². The second-order valence-corrected chi connectivity index (χ2v) is 6.10. The van der Waals surface area contributed by atoms with Gasteiger partial charge in [-0.3, -0.25) is 24.0 Å². The molecule has 0 aromatic rings. The van der Waals surface area contributed by atoms with E-state index in [0.29, 0.717) is 0 Å². The molecule has 11 nitrogen and oxygen atoms in total. The summed E-state index contributed by atoms with van der Waals surface area (Å²) in [6.45, 7) is 4.07. The molecule has 1 aliphatic rings. The Morgan fingerprint density at radius 2 is 1.39 bits per heavy atom. The molecule has 0 aromatic heterocycles. The highest BCUT2D eigenvalue weighted by Gasteiger charge is 2.52. The van der Waals surface area contributed by atoms with E-state index >= 15 is 0 Å². The summed E-state index contributed by atoms with van der Waals surface area (Å²) < 4.78 is 26.0. The topological polar surface area (TPSA) is 144 Å². The number of halogens is 1. The number of amides is 1. The molecule has 0 aliphatic carbocycles. The Balaban J connectivity index is 3.31. The van der Waals surface area contributed by atoms with Crippen LogP contribution in [-0.4, -0.2) is 72.9 Å². The lowest BCUT2D eigenvalue weighted by Crippen LogP contribution is -2.67. The van der Waals surface area contributed by atoms with Crippen molar-refractivity contribution in [3.05, 3.63) is 0 Å². The zero-order chi connectivity index (χ0) is 21.4. The maximum Gasteiger partial charge on any atom is 0.305 e. The highest BCUT2D eigenvalue weighted by molar-refractivity contribution is 6.27. The molecule has 5 atom stereocenters. The molecule has 1 amide bonds. The van der Waals surface area contributed by atoms with Crippen LogP contribution < -0.4 is 5.32 Å². The summed E-state index contributed by atoms with van der Waals surface area (Å²) in [5, 5.41) is 2.42. The predicted molar refractivity (Wildman–Crippen MR) is 90.8 cm³/mol. The molecule has 1 N–H and O–H groups in total. The van der Waals surface area contributed by atoms with Crippen LogP contribution in [0.15, 0.2) is 0 Å². The van der Waals surface area contributed by atoms with Crippen LogP contribution in [0.1, 0.15) is 27.7 Å². The lowest BCUT2D eigenvalue weighted by molar-refractivity contribution is -0.270. The van der Waals surface area contributed by atoms with Crippen LogP contribution in [0, 0.1) is 0 Å². The third kappa shape index (κ3) is 7.31. The predicted octanol–water partition coefficient (Wildman–Crippen LogP) is -0.575. The van der Waals surface area contributed by atoms with Crippen molar-refractivity contribution in [1.29, 1.82) is 0 Å². The van der Waals surface area contributed by atoms with Gasteiger partial charge >= 0.3 is 23.9 Å². The number of ether oxygens (including phenoxy) is 5. The summed E-state index contributed by atoms with van der Waals surface area (Å²) in [5.74, 6) is -4.02. The van der Waals surface area contributed by atoms with Crippen molar-refractivity contribution in [3.63, 3.8) is 0 Å². The van der Waals surface area contributed by atoms with Gasteiger partial charge in [-0.25, -0.2) is 0 Å². The van der Waals surface area contributed by atoms with Crippen LogP contribution in [0.4, 0.5) is 0 Å². The molecule has 0 bridgehead atoms. The number of alkyl halides is 1. The third-order valence-electron chi connectivity index (χ3n) is 3.43. The second kappa shape index (κ2) is 10.8. The Morgan fingerprint density at radius 1 is 0.857 bits per heavy atom. The number of hydrogen-bond acceptors (Lipinski definition) is 10. The van der Waals surface area contributed by atoms with Crippen LogP contribution in [0.2, 0.25) is 0 Å². The monoisotopic (exact) mass is 423 g/mol. The van der Waals surface area contributed by atoms with E-state index in [1.165, 1.54) is 0 Å². The van der Waals surface area contributed by atoms with Crippen LogP contribution in [0.5, 0.6) is 0 Å². The van der Waals surface area contributed by atoms with Gasteiger partial charge in [0.1, 0.15) is 24.6 Å². The van der Waals surface area contributed by atoms with Crippen molar-refractivity contribution in [2.45, 2.75) is 58.3 Å². The van der Waals surface area contributed by atoms with Crippen molar-refractivity contribution >= 4 is 41.4 Å². The Bertz CT molecular complexity index is 625. The number of nitrogens with one attached hydrogen (secondary N) is 1. The average molecular weight is 424 g/mol. The molecule has 0 radical (unpaired) electrons. The molecule has 28 heavy (non-hydrogen) atoms. The number of hydrogen-bond donors (Lipinski definition) is 1. The van der Waals surface area contributed by atoms with Crippen LogP contribution in [0.25, 0.3) is 0 Å². The Kier molecular flexibility index (Phi) is 9.13. The van der Waals surface area contributed by atoms with Crippen molar-refractivity contribution in [2.75, 3.05) is 12.5 Å². The molecule has 158 valence electrons. The molecule has 0 saturated carbocycles. The Labute approximate surface area is 165 Å². The maximum atomic E-state index is 11.8. The first kappa shape index (κ1) is 23.6. The first-order valence-electron chi connectivity index (χ1n) is 8.21. The summed E-state index contributed by atoms with van der Waals surface area (Å²) >= 11 is 5.50. The Hall–Kier alpha value is -2.40. The van der Waals surface area contributed by atoms with E-state index in [0.717, 1.165) is 27.7 Å². The van der Waals surface area contributed by atoms with E-state index in [9.17, 15) is 24.0 Å². The number of rotatable bonds is 7. The van der Waals surface area contributed by atoms with Gasteiger partial charge in [-0.15, -0.1) is 11.6 Å².